The summed E-state index contributed by atoms with van der Waals surface area (Å²) < 4.78 is 1.74. The third-order valence-electron chi connectivity index (χ3n) is 6.70. The zero-order valence-electron chi connectivity index (χ0n) is 18.2. The van der Waals surface area contributed by atoms with Crippen LogP contribution >= 0.6 is 0 Å². The first-order valence-corrected chi connectivity index (χ1v) is 11.4. The summed E-state index contributed by atoms with van der Waals surface area (Å²) in [5.41, 5.74) is 2.27. The van der Waals surface area contributed by atoms with Crippen LogP contribution in [0, 0.1) is 0 Å². The number of rotatable bonds is 3. The van der Waals surface area contributed by atoms with Gasteiger partial charge in [0.05, 0.1) is 5.52 Å². The summed E-state index contributed by atoms with van der Waals surface area (Å²) in [6, 6.07) is 6.81. The van der Waals surface area contributed by atoms with Crippen molar-refractivity contribution in [3.05, 3.63) is 58.9 Å². The van der Waals surface area contributed by atoms with E-state index < -0.39 is 6.04 Å². The number of imidazole rings is 1. The van der Waals surface area contributed by atoms with Crippen LogP contribution in [0.15, 0.2) is 47.7 Å². The summed E-state index contributed by atoms with van der Waals surface area (Å²) in [7, 11) is 0. The molecule has 3 aromatic heterocycles. The second kappa shape index (κ2) is 9.05. The van der Waals surface area contributed by atoms with Gasteiger partial charge < -0.3 is 15.5 Å². The molecule has 5 rings (SSSR count). The molecule has 0 aliphatic carbocycles. The molecule has 2 aliphatic heterocycles. The van der Waals surface area contributed by atoms with Crippen LogP contribution in [0.25, 0.3) is 11.2 Å². The molecule has 2 atom stereocenters. The Bertz CT molecular complexity index is 1200. The fourth-order valence-electron chi connectivity index (χ4n) is 4.88. The summed E-state index contributed by atoms with van der Waals surface area (Å²) in [4.78, 5) is 50.8. The van der Waals surface area contributed by atoms with Crippen LogP contribution in [0.4, 0.5) is 4.79 Å². The molecule has 33 heavy (non-hydrogen) atoms. The van der Waals surface area contributed by atoms with E-state index in [-0.39, 0.29) is 29.6 Å². The number of aromatic nitrogens is 4. The second-order valence-electron chi connectivity index (χ2n) is 8.70. The lowest BCUT2D eigenvalue weighted by Gasteiger charge is -2.33. The molecule has 2 saturated heterocycles. The highest BCUT2D eigenvalue weighted by Gasteiger charge is 2.31. The largest absolute Gasteiger partial charge is 0.354 e. The smallest absolute Gasteiger partial charge is 0.327 e. The highest BCUT2D eigenvalue weighted by Crippen LogP contribution is 2.25. The summed E-state index contributed by atoms with van der Waals surface area (Å²) in [5, 5.41) is 5.87. The van der Waals surface area contributed by atoms with Crippen molar-refractivity contribution < 1.29 is 9.59 Å². The Morgan fingerprint density at radius 1 is 1.06 bits per heavy atom. The zero-order chi connectivity index (χ0) is 22.8. The third kappa shape index (κ3) is 4.33. The molecule has 0 spiro atoms. The molecule has 0 aromatic carbocycles. The minimum absolute atomic E-state index is 0.000851. The number of likely N-dealkylation sites (tertiary alicyclic amines) is 1. The predicted octanol–water partition coefficient (Wildman–Crippen LogP) is 1.53. The second-order valence-corrected chi connectivity index (χ2v) is 8.70. The maximum absolute atomic E-state index is 12.9. The molecule has 2 fully saturated rings. The average molecular weight is 450 g/mol. The van der Waals surface area contributed by atoms with E-state index in [0.29, 0.717) is 44.5 Å². The number of H-pyrrole nitrogens is 1. The molecule has 10 nitrogen and oxygen atoms in total. The van der Waals surface area contributed by atoms with Crippen LogP contribution < -0.4 is 16.3 Å². The van der Waals surface area contributed by atoms with Crippen LogP contribution in [0.3, 0.4) is 0 Å². The van der Waals surface area contributed by atoms with Crippen molar-refractivity contribution in [1.82, 2.24) is 35.1 Å². The third-order valence-corrected chi connectivity index (χ3v) is 6.70. The first-order chi connectivity index (χ1) is 16.1. The number of hydrogen-bond acceptors (Lipinski definition) is 5. The van der Waals surface area contributed by atoms with Crippen LogP contribution in [0.5, 0.6) is 0 Å². The van der Waals surface area contributed by atoms with Crippen LogP contribution in [-0.4, -0.2) is 62.0 Å². The number of amides is 3. The van der Waals surface area contributed by atoms with E-state index in [2.05, 4.69) is 25.6 Å². The minimum Gasteiger partial charge on any atom is -0.354 e. The van der Waals surface area contributed by atoms with E-state index in [0.717, 1.165) is 17.5 Å². The van der Waals surface area contributed by atoms with Crippen molar-refractivity contribution in [3.63, 3.8) is 0 Å². The lowest BCUT2D eigenvalue weighted by Crippen LogP contribution is -2.52. The first kappa shape index (κ1) is 21.2. The van der Waals surface area contributed by atoms with Crippen molar-refractivity contribution in [1.29, 1.82) is 0 Å². The molecule has 0 radical (unpaired) electrons. The van der Waals surface area contributed by atoms with Gasteiger partial charge in [-0.05, 0) is 49.4 Å². The average Bonchev–Trinajstić information content (AvgIpc) is 3.08. The summed E-state index contributed by atoms with van der Waals surface area (Å²) in [5.74, 6) is 0.0340. The maximum atomic E-state index is 12.9. The van der Waals surface area contributed by atoms with Gasteiger partial charge in [-0.25, -0.2) is 14.6 Å². The predicted molar refractivity (Wildman–Crippen MR) is 122 cm³/mol. The van der Waals surface area contributed by atoms with E-state index in [1.54, 1.807) is 21.9 Å². The monoisotopic (exact) mass is 449 g/mol. The molecule has 2 aliphatic rings. The van der Waals surface area contributed by atoms with Crippen molar-refractivity contribution in [3.8, 4) is 0 Å². The normalized spacial score (nSPS) is 22.1. The van der Waals surface area contributed by atoms with Gasteiger partial charge in [0.15, 0.2) is 5.65 Å². The van der Waals surface area contributed by atoms with E-state index in [9.17, 15) is 14.4 Å². The van der Waals surface area contributed by atoms with Gasteiger partial charge in [0.2, 0.25) is 5.91 Å². The Morgan fingerprint density at radius 3 is 2.67 bits per heavy atom. The van der Waals surface area contributed by atoms with Crippen LogP contribution in [0.2, 0.25) is 0 Å². The molecule has 10 heteroatoms. The van der Waals surface area contributed by atoms with Gasteiger partial charge in [0.1, 0.15) is 6.04 Å². The standard InChI is InChI=1S/C23H27N7O3/c31-21-18(6-5-16(14-26-21)15-3-1-9-24-13-15)27-22(32)29-11-7-17(8-12-29)30-19-4-2-10-25-20(19)28-23(30)33/h1-4,9-10,13,16-18H,5-8,11-12,14H2,(H,26,31)(H,27,32)(H,25,28,33)/t16?,18-/m1/s1. The molecular formula is C23H27N7O3. The van der Waals surface area contributed by atoms with Crippen molar-refractivity contribution in [2.24, 2.45) is 0 Å². The van der Waals surface area contributed by atoms with Gasteiger partial charge in [-0.1, -0.05) is 6.07 Å². The highest BCUT2D eigenvalue weighted by atomic mass is 16.2. The fraction of sp³-hybridized carbons (Fsp3) is 0.435. The van der Waals surface area contributed by atoms with Crippen molar-refractivity contribution >= 4 is 23.1 Å². The maximum Gasteiger partial charge on any atom is 0.327 e. The lowest BCUT2D eigenvalue weighted by molar-refractivity contribution is -0.122. The van der Waals surface area contributed by atoms with Crippen LogP contribution in [0.1, 0.15) is 43.2 Å². The van der Waals surface area contributed by atoms with Gasteiger partial charge in [0.25, 0.3) is 0 Å². The quantitative estimate of drug-likeness (QED) is 0.559. The number of urea groups is 1. The van der Waals surface area contributed by atoms with Crippen molar-refractivity contribution in [2.45, 2.75) is 43.7 Å². The van der Waals surface area contributed by atoms with E-state index in [1.807, 2.05) is 30.5 Å². The molecule has 1 unspecified atom stereocenters. The number of piperidine rings is 1. The number of carbonyl (C=O) groups excluding carboxylic acids is 2. The SMILES string of the molecule is O=C1NCC(c2cccnc2)CC[C@H]1NC(=O)N1CCC(n2c(=O)[nH]c3ncccc32)CC1. The topological polar surface area (TPSA) is 125 Å². The number of aromatic amines is 1. The highest BCUT2D eigenvalue weighted by molar-refractivity contribution is 5.87. The molecule has 172 valence electrons. The van der Waals surface area contributed by atoms with Gasteiger partial charge >= 0.3 is 11.7 Å². The Balaban J connectivity index is 1.19. The molecule has 5 heterocycles. The Kier molecular flexibility index (Phi) is 5.80. The summed E-state index contributed by atoms with van der Waals surface area (Å²) in [6.07, 6.45) is 7.90. The number of hydrogen-bond donors (Lipinski definition) is 3. The van der Waals surface area contributed by atoms with Crippen LogP contribution in [-0.2, 0) is 4.79 Å². The summed E-state index contributed by atoms with van der Waals surface area (Å²) >= 11 is 0. The molecule has 3 amide bonds. The number of nitrogens with one attached hydrogen (secondary N) is 3. The number of nitrogens with zero attached hydrogens (tertiary/aromatic N) is 4. The van der Waals surface area contributed by atoms with Crippen molar-refractivity contribution in [2.75, 3.05) is 19.6 Å². The molecule has 3 aromatic rings. The molecule has 0 saturated carbocycles. The van der Waals surface area contributed by atoms with E-state index in [1.165, 1.54) is 0 Å². The minimum atomic E-state index is -0.556. The molecule has 0 bridgehead atoms. The van der Waals surface area contributed by atoms with Gasteiger partial charge in [-0.2, -0.15) is 0 Å². The molecule has 3 N–H and O–H groups in total. The first-order valence-electron chi connectivity index (χ1n) is 11.4. The number of pyridine rings is 2. The molecular weight excluding hydrogens is 422 g/mol. The van der Waals surface area contributed by atoms with Gasteiger partial charge in [-0.15, -0.1) is 0 Å². The van der Waals surface area contributed by atoms with Gasteiger partial charge in [0, 0.05) is 50.2 Å². The Hall–Kier alpha value is -3.69. The Labute approximate surface area is 190 Å². The number of carbonyl (C=O) groups is 2. The number of fused-ring (bicyclic) bond motifs is 1. The van der Waals surface area contributed by atoms with E-state index in [4.69, 9.17) is 0 Å². The fourth-order valence-corrected chi connectivity index (χ4v) is 4.88. The van der Waals surface area contributed by atoms with E-state index >= 15 is 0 Å². The summed E-state index contributed by atoms with van der Waals surface area (Å²) in [6.45, 7) is 1.57. The zero-order valence-corrected chi connectivity index (χ0v) is 18.2. The Morgan fingerprint density at radius 2 is 1.88 bits per heavy atom. The van der Waals surface area contributed by atoms with Gasteiger partial charge in [-0.3, -0.25) is 19.3 Å². The lowest BCUT2D eigenvalue weighted by atomic mass is 9.95.